The molecule has 2 rings (SSSR count). The molecule has 0 bridgehead atoms. The van der Waals surface area contributed by atoms with Gasteiger partial charge < -0.3 is 109 Å². The van der Waals surface area contributed by atoms with Crippen molar-refractivity contribution < 1.29 is 53.1 Å². The first-order valence-corrected chi connectivity index (χ1v) is 29.9. The first-order chi connectivity index (χ1) is 41.7. The van der Waals surface area contributed by atoms with Crippen LogP contribution in [0, 0.1) is 0 Å². The van der Waals surface area contributed by atoms with E-state index in [0.29, 0.717) is 89.5 Å². The van der Waals surface area contributed by atoms with E-state index in [1.807, 2.05) is 0 Å². The zero-order valence-electron chi connectivity index (χ0n) is 50.2. The SMILES string of the molecule is C[C@H](NC(=O)[C@@H](NC(=O)[C@@H](N)CCCCN)[C@@H](O)CN)C(=O)NCC(=O)N[C@H](CCCN)C(=O)N1CCC[C@H]1C(=O)N[C@@H](Cc1ccncc1)C(=O)N[C@@H](CCCCN)C(=O)N/C(=C\CCN=C(N)N)C(=O)N[C@@H](CCCCN)C(=O)NCCCCN. The van der Waals surface area contributed by atoms with Crippen LogP contribution in [0.2, 0.25) is 0 Å². The second kappa shape index (κ2) is 43.2. The number of aliphatic hydroxyl groups excluding tert-OH is 1. The van der Waals surface area contributed by atoms with E-state index in [0.717, 1.165) is 0 Å². The van der Waals surface area contributed by atoms with Crippen molar-refractivity contribution in [2.75, 3.05) is 65.4 Å². The lowest BCUT2D eigenvalue weighted by atomic mass is 10.0. The summed E-state index contributed by atoms with van der Waals surface area (Å²) in [6.07, 6.45) is 8.49. The molecule has 28 N–H and O–H groups in total. The first kappa shape index (κ1) is 75.6. The normalized spacial score (nSPS) is 15.8. The Morgan fingerprint density at radius 2 is 1.25 bits per heavy atom. The maximum atomic E-state index is 14.6. The zero-order chi connectivity index (χ0) is 64.7. The van der Waals surface area contributed by atoms with Crippen LogP contribution in [-0.2, 0) is 54.4 Å². The fourth-order valence-electron chi connectivity index (χ4n) is 9.08. The van der Waals surface area contributed by atoms with Gasteiger partial charge in [-0.2, -0.15) is 0 Å². The van der Waals surface area contributed by atoms with Gasteiger partial charge in [-0.15, -0.1) is 0 Å². The van der Waals surface area contributed by atoms with E-state index in [-0.39, 0.29) is 89.2 Å². The monoisotopic (exact) mass is 1230 g/mol. The van der Waals surface area contributed by atoms with Crippen LogP contribution in [0.1, 0.15) is 115 Å². The van der Waals surface area contributed by atoms with Gasteiger partial charge >= 0.3 is 0 Å². The number of nitrogens with two attached hydrogens (primary N) is 9. The summed E-state index contributed by atoms with van der Waals surface area (Å²) in [5.41, 5.74) is 51.4. The lowest BCUT2D eigenvalue weighted by Crippen LogP contribution is -2.60. The average molecular weight is 1230 g/mol. The molecule has 1 aliphatic rings. The van der Waals surface area contributed by atoms with Gasteiger partial charge in [0.05, 0.1) is 18.7 Å². The van der Waals surface area contributed by atoms with Crippen LogP contribution in [0.15, 0.2) is 41.3 Å². The van der Waals surface area contributed by atoms with Crippen molar-refractivity contribution in [1.82, 2.24) is 57.7 Å². The van der Waals surface area contributed by atoms with Gasteiger partial charge in [-0.05, 0) is 154 Å². The Labute approximate surface area is 508 Å². The number of rotatable bonds is 44. The number of guanidine groups is 1. The van der Waals surface area contributed by atoms with Crippen molar-refractivity contribution in [1.29, 1.82) is 0 Å². The van der Waals surface area contributed by atoms with Crippen LogP contribution < -0.4 is 99.5 Å². The number of carbonyl (C=O) groups is 10. The highest BCUT2D eigenvalue weighted by molar-refractivity contribution is 6.02. The fraction of sp³-hybridized carbons (Fsp3) is 0.673. The molecule has 0 aliphatic carbocycles. The average Bonchev–Trinajstić information content (AvgIpc) is 2.73. The molecule has 1 aromatic heterocycles. The highest BCUT2D eigenvalue weighted by atomic mass is 16.3. The van der Waals surface area contributed by atoms with Gasteiger partial charge in [0, 0.05) is 45.0 Å². The number of unbranched alkanes of at least 4 members (excludes halogenated alkanes) is 4. The van der Waals surface area contributed by atoms with Crippen LogP contribution in [0.4, 0.5) is 0 Å². The van der Waals surface area contributed by atoms with Crippen LogP contribution in [0.5, 0.6) is 0 Å². The minimum absolute atomic E-state index is 0.0315. The second-order valence-corrected chi connectivity index (χ2v) is 21.1. The van der Waals surface area contributed by atoms with Crippen molar-refractivity contribution in [2.45, 2.75) is 171 Å². The van der Waals surface area contributed by atoms with E-state index in [4.69, 9.17) is 51.6 Å². The molecule has 0 spiro atoms. The fourth-order valence-corrected chi connectivity index (χ4v) is 9.08. The Bertz CT molecular complexity index is 2380. The predicted molar refractivity (Wildman–Crippen MR) is 326 cm³/mol. The number of aliphatic imine (C=N–C) groups is 1. The van der Waals surface area contributed by atoms with E-state index in [2.05, 4.69) is 57.8 Å². The molecule has 32 heteroatoms. The van der Waals surface area contributed by atoms with Crippen LogP contribution in [0.25, 0.3) is 0 Å². The van der Waals surface area contributed by atoms with Crippen molar-refractivity contribution >= 4 is 65.0 Å². The summed E-state index contributed by atoms with van der Waals surface area (Å²) in [6.45, 7) is 2.23. The van der Waals surface area contributed by atoms with E-state index in [1.165, 1.54) is 30.3 Å². The van der Waals surface area contributed by atoms with Crippen molar-refractivity contribution in [3.8, 4) is 0 Å². The highest BCUT2D eigenvalue weighted by Crippen LogP contribution is 2.21. The van der Waals surface area contributed by atoms with Gasteiger partial charge in [-0.1, -0.05) is 12.5 Å². The maximum Gasteiger partial charge on any atom is 0.268 e. The predicted octanol–water partition coefficient (Wildman–Crippen LogP) is -7.05. The molecule has 490 valence electrons. The highest BCUT2D eigenvalue weighted by Gasteiger charge is 2.40. The third kappa shape index (κ3) is 29.2. The first-order valence-electron chi connectivity index (χ1n) is 29.9. The number of carbonyl (C=O) groups excluding carboxylic acids is 10. The van der Waals surface area contributed by atoms with Gasteiger partial charge in [0.1, 0.15) is 48.0 Å². The minimum atomic E-state index is -1.57. The molecule has 1 saturated heterocycles. The smallest absolute Gasteiger partial charge is 0.268 e. The molecule has 0 aromatic carbocycles. The lowest BCUT2D eigenvalue weighted by Gasteiger charge is -2.30. The lowest BCUT2D eigenvalue weighted by molar-refractivity contribution is -0.142. The number of likely N-dealkylation sites (tertiary alicyclic amines) is 1. The molecule has 10 amide bonds. The Balaban J connectivity index is 2.36. The van der Waals surface area contributed by atoms with Gasteiger partial charge in [0.2, 0.25) is 53.2 Å². The molecule has 2 heterocycles. The summed E-state index contributed by atoms with van der Waals surface area (Å²) < 4.78 is 0. The third-order valence-corrected chi connectivity index (χ3v) is 14.0. The topological polar surface area (TPSA) is 562 Å². The number of pyridine rings is 1. The van der Waals surface area contributed by atoms with Crippen molar-refractivity contribution in [2.24, 2.45) is 56.6 Å². The molecular weight excluding hydrogens is 1130 g/mol. The minimum Gasteiger partial charge on any atom is -0.389 e. The molecule has 1 aliphatic heterocycles. The number of amides is 10. The maximum absolute atomic E-state index is 14.6. The molecule has 1 fully saturated rings. The van der Waals surface area contributed by atoms with E-state index >= 15 is 0 Å². The molecule has 1 aromatic rings. The number of nitrogens with one attached hydrogen (secondary N) is 9. The van der Waals surface area contributed by atoms with Gasteiger partial charge in [0.15, 0.2) is 5.96 Å². The second-order valence-electron chi connectivity index (χ2n) is 21.1. The summed E-state index contributed by atoms with van der Waals surface area (Å²) >= 11 is 0. The van der Waals surface area contributed by atoms with Gasteiger partial charge in [0.25, 0.3) is 5.91 Å². The van der Waals surface area contributed by atoms with Crippen LogP contribution in [-0.4, -0.2) is 200 Å². The Kier molecular flexibility index (Phi) is 37.6. The Morgan fingerprint density at radius 1 is 0.655 bits per heavy atom. The number of aliphatic hydroxyl groups is 1. The van der Waals surface area contributed by atoms with Gasteiger partial charge in [-0.25, -0.2) is 0 Å². The molecule has 0 saturated carbocycles. The zero-order valence-corrected chi connectivity index (χ0v) is 50.2. The summed E-state index contributed by atoms with van der Waals surface area (Å²) in [7, 11) is 0. The summed E-state index contributed by atoms with van der Waals surface area (Å²) in [4.78, 5) is 147. The van der Waals surface area contributed by atoms with E-state index in [1.54, 1.807) is 12.1 Å². The summed E-state index contributed by atoms with van der Waals surface area (Å²) in [6, 6.07) is -6.66. The molecular formula is C55H99N21O11. The number of hydrogen-bond donors (Lipinski definition) is 19. The number of hydrogen-bond acceptors (Lipinski definition) is 20. The van der Waals surface area contributed by atoms with Crippen LogP contribution in [0.3, 0.4) is 0 Å². The molecule has 0 radical (unpaired) electrons. The van der Waals surface area contributed by atoms with Crippen LogP contribution >= 0.6 is 0 Å². The number of nitrogens with zero attached hydrogens (tertiary/aromatic N) is 3. The molecule has 9 atom stereocenters. The summed E-state index contributed by atoms with van der Waals surface area (Å²) in [5.74, 6) is -7.76. The summed E-state index contributed by atoms with van der Waals surface area (Å²) in [5, 5.41) is 33.9. The standard InChI is InChI=1S/C55H99N21O11/c1-34(69-53(86)45(43(77)32-61)75-47(80)36(62)13-2-5-21-56)46(79)68-33-44(78)70-40(16-10-25-60)54(87)76-30-12-18-42(76)52(85)74-41(31-35-19-28-65-29-20-35)51(84)73-38(15-4-7-23-58)49(82)72-39(17-11-27-67-55(63)64)50(83)71-37(14-3-6-22-57)48(81)66-26-9-8-24-59/h17,19-20,28-29,34,36-38,40-43,45,77H,2-16,18,21-27,30-33,56-62H2,1H3,(H,66,81)(H,68,79)(H,69,86)(H,70,78)(H,71,83)(H,72,82)(H,73,84)(H,74,85)(H,75,80)(H4,63,64,67)/b39-17-/t34-,36-,37-,38-,40+,41-,42-,43-,45-/m0/s1. The number of aromatic nitrogens is 1. The Morgan fingerprint density at radius 3 is 1.86 bits per heavy atom. The van der Waals surface area contributed by atoms with Gasteiger partial charge in [-0.3, -0.25) is 57.9 Å². The third-order valence-electron chi connectivity index (χ3n) is 14.0. The molecule has 87 heavy (non-hydrogen) atoms. The largest absolute Gasteiger partial charge is 0.389 e. The van der Waals surface area contributed by atoms with Crippen molar-refractivity contribution in [3.63, 3.8) is 0 Å². The molecule has 0 unspecified atom stereocenters. The van der Waals surface area contributed by atoms with Crippen molar-refractivity contribution in [3.05, 3.63) is 41.9 Å². The van der Waals surface area contributed by atoms with E-state index < -0.39 is 127 Å². The van der Waals surface area contributed by atoms with E-state index in [9.17, 15) is 53.1 Å². The quantitative estimate of drug-likeness (QED) is 0.0125. The Hall–Kier alpha value is -7.46. The molecule has 32 nitrogen and oxygen atoms in total.